The third-order valence-corrected chi connectivity index (χ3v) is 4.02. The van der Waals surface area contributed by atoms with Gasteiger partial charge in [0, 0.05) is 12.1 Å². The zero-order chi connectivity index (χ0) is 14.7. The fourth-order valence-electron chi connectivity index (χ4n) is 2.11. The average Bonchev–Trinajstić information content (AvgIpc) is 2.96. The van der Waals surface area contributed by atoms with Crippen LogP contribution in [0, 0.1) is 5.82 Å². The van der Waals surface area contributed by atoms with Crippen LogP contribution in [0.5, 0.6) is 0 Å². The lowest BCUT2D eigenvalue weighted by Crippen LogP contribution is -2.25. The Kier molecular flexibility index (Phi) is 3.92. The topological polar surface area (TPSA) is 42.0 Å². The van der Waals surface area contributed by atoms with Crippen LogP contribution in [0.15, 0.2) is 48.0 Å². The second-order valence-corrected chi connectivity index (χ2v) is 5.52. The van der Waals surface area contributed by atoms with Crippen LogP contribution >= 0.6 is 11.3 Å². The van der Waals surface area contributed by atoms with E-state index in [0.29, 0.717) is 24.1 Å². The number of nitrogens with one attached hydrogen (secondary N) is 1. The number of halogens is 1. The third-order valence-electron chi connectivity index (χ3n) is 3.23. The smallest absolute Gasteiger partial charge is 0.251 e. The minimum absolute atomic E-state index is 0.151. The summed E-state index contributed by atoms with van der Waals surface area (Å²) < 4.78 is 14.4. The Labute approximate surface area is 125 Å². The number of amides is 1. The number of nitrogens with zero attached hydrogens (tertiary/aromatic N) is 1. The van der Waals surface area contributed by atoms with Crippen molar-refractivity contribution in [2.75, 3.05) is 6.54 Å². The Morgan fingerprint density at radius 2 is 2.10 bits per heavy atom. The molecule has 1 amide bonds. The van der Waals surface area contributed by atoms with E-state index in [9.17, 15) is 9.18 Å². The molecule has 0 spiro atoms. The number of carbonyl (C=O) groups is 1. The summed E-state index contributed by atoms with van der Waals surface area (Å²) in [5.74, 6) is -0.389. The molecule has 1 N–H and O–H groups in total. The predicted octanol–water partition coefficient (Wildman–Crippen LogP) is 3.41. The maximum absolute atomic E-state index is 13.5. The number of hydrogen-bond donors (Lipinski definition) is 1. The summed E-state index contributed by atoms with van der Waals surface area (Å²) in [6.07, 6.45) is 0.473. The molecule has 0 aliphatic carbocycles. The van der Waals surface area contributed by atoms with E-state index in [2.05, 4.69) is 10.3 Å². The van der Waals surface area contributed by atoms with Crippen molar-refractivity contribution in [2.24, 2.45) is 0 Å². The van der Waals surface area contributed by atoms with Gasteiger partial charge >= 0.3 is 0 Å². The van der Waals surface area contributed by atoms with Gasteiger partial charge in [-0.05, 0) is 36.2 Å². The Balaban J connectivity index is 1.62. The van der Waals surface area contributed by atoms with E-state index in [1.165, 1.54) is 17.4 Å². The molecule has 1 heterocycles. The van der Waals surface area contributed by atoms with Crippen LogP contribution in [0.3, 0.4) is 0 Å². The van der Waals surface area contributed by atoms with Gasteiger partial charge in [0.1, 0.15) is 5.82 Å². The van der Waals surface area contributed by atoms with Crippen LogP contribution in [-0.2, 0) is 6.42 Å². The summed E-state index contributed by atoms with van der Waals surface area (Å²) in [5, 5.41) is 2.81. The average molecular weight is 300 g/mol. The van der Waals surface area contributed by atoms with Crippen molar-refractivity contribution in [3.63, 3.8) is 0 Å². The second kappa shape index (κ2) is 6.01. The molecular formula is C16H13FN2OS. The third kappa shape index (κ3) is 3.08. The second-order valence-electron chi connectivity index (χ2n) is 4.63. The summed E-state index contributed by atoms with van der Waals surface area (Å²) in [4.78, 5) is 16.2. The van der Waals surface area contributed by atoms with Crippen molar-refractivity contribution >= 4 is 27.5 Å². The van der Waals surface area contributed by atoms with Crippen LogP contribution in [-0.4, -0.2) is 17.4 Å². The summed E-state index contributed by atoms with van der Waals surface area (Å²) in [6.45, 7) is 0.403. The monoisotopic (exact) mass is 300 g/mol. The van der Waals surface area contributed by atoms with Crippen LogP contribution in [0.25, 0.3) is 10.2 Å². The Hall–Kier alpha value is -2.27. The van der Waals surface area contributed by atoms with E-state index in [-0.39, 0.29) is 11.7 Å². The molecule has 0 aliphatic rings. The number of aromatic nitrogens is 1. The highest BCUT2D eigenvalue weighted by molar-refractivity contribution is 7.16. The lowest BCUT2D eigenvalue weighted by Gasteiger charge is -2.06. The SMILES string of the molecule is O=C(NCCc1ccccc1F)c1ccc2ncsc2c1. The largest absolute Gasteiger partial charge is 0.352 e. The van der Waals surface area contributed by atoms with E-state index in [1.54, 1.807) is 29.8 Å². The van der Waals surface area contributed by atoms with Crippen LogP contribution in [0.4, 0.5) is 4.39 Å². The highest BCUT2D eigenvalue weighted by Crippen LogP contribution is 2.19. The molecule has 2 aromatic carbocycles. The minimum Gasteiger partial charge on any atom is -0.352 e. The highest BCUT2D eigenvalue weighted by atomic mass is 32.1. The molecular weight excluding hydrogens is 287 g/mol. The molecule has 0 unspecified atom stereocenters. The van der Waals surface area contributed by atoms with Gasteiger partial charge in [0.2, 0.25) is 0 Å². The Morgan fingerprint density at radius 3 is 2.95 bits per heavy atom. The normalized spacial score (nSPS) is 10.7. The van der Waals surface area contributed by atoms with Crippen molar-refractivity contribution in [1.82, 2.24) is 10.3 Å². The number of carbonyl (C=O) groups excluding carboxylic acids is 1. The van der Waals surface area contributed by atoms with Gasteiger partial charge in [-0.2, -0.15) is 0 Å². The first-order valence-electron chi connectivity index (χ1n) is 6.59. The van der Waals surface area contributed by atoms with E-state index in [4.69, 9.17) is 0 Å². The van der Waals surface area contributed by atoms with Gasteiger partial charge in [-0.3, -0.25) is 4.79 Å². The molecule has 1 aromatic heterocycles. The highest BCUT2D eigenvalue weighted by Gasteiger charge is 2.07. The molecule has 0 radical (unpaired) electrons. The van der Waals surface area contributed by atoms with Gasteiger partial charge in [-0.25, -0.2) is 9.37 Å². The maximum atomic E-state index is 13.5. The first-order chi connectivity index (χ1) is 10.2. The van der Waals surface area contributed by atoms with E-state index in [1.807, 2.05) is 12.1 Å². The zero-order valence-corrected chi connectivity index (χ0v) is 12.0. The lowest BCUT2D eigenvalue weighted by atomic mass is 10.1. The molecule has 0 saturated carbocycles. The van der Waals surface area contributed by atoms with Gasteiger partial charge < -0.3 is 5.32 Å². The Bertz CT molecular complexity index is 785. The molecule has 5 heteroatoms. The lowest BCUT2D eigenvalue weighted by molar-refractivity contribution is 0.0954. The number of rotatable bonds is 4. The van der Waals surface area contributed by atoms with Crippen molar-refractivity contribution in [2.45, 2.75) is 6.42 Å². The molecule has 0 saturated heterocycles. The molecule has 0 aliphatic heterocycles. The summed E-state index contributed by atoms with van der Waals surface area (Å²) >= 11 is 1.50. The van der Waals surface area contributed by atoms with Crippen LogP contribution in [0.1, 0.15) is 15.9 Å². The molecule has 3 rings (SSSR count). The van der Waals surface area contributed by atoms with Crippen molar-refractivity contribution in [3.8, 4) is 0 Å². The first-order valence-corrected chi connectivity index (χ1v) is 7.47. The molecule has 0 atom stereocenters. The first kappa shape index (κ1) is 13.7. The van der Waals surface area contributed by atoms with Gasteiger partial charge in [0.15, 0.2) is 0 Å². The summed E-state index contributed by atoms with van der Waals surface area (Å²) in [7, 11) is 0. The molecule has 3 nitrogen and oxygen atoms in total. The number of fused-ring (bicyclic) bond motifs is 1. The van der Waals surface area contributed by atoms with Crippen molar-refractivity contribution < 1.29 is 9.18 Å². The van der Waals surface area contributed by atoms with E-state index >= 15 is 0 Å². The number of thiazole rings is 1. The van der Waals surface area contributed by atoms with E-state index in [0.717, 1.165) is 10.2 Å². The number of benzene rings is 2. The maximum Gasteiger partial charge on any atom is 0.251 e. The molecule has 0 bridgehead atoms. The molecule has 106 valence electrons. The fraction of sp³-hybridized carbons (Fsp3) is 0.125. The van der Waals surface area contributed by atoms with Crippen LogP contribution < -0.4 is 5.32 Å². The van der Waals surface area contributed by atoms with Gasteiger partial charge in [-0.15, -0.1) is 11.3 Å². The molecule has 0 fully saturated rings. The van der Waals surface area contributed by atoms with Gasteiger partial charge in [0.25, 0.3) is 5.91 Å². The van der Waals surface area contributed by atoms with Crippen molar-refractivity contribution in [3.05, 3.63) is 64.9 Å². The summed E-state index contributed by atoms with van der Waals surface area (Å²) in [5.41, 5.74) is 3.85. The quantitative estimate of drug-likeness (QED) is 0.802. The zero-order valence-electron chi connectivity index (χ0n) is 11.2. The predicted molar refractivity (Wildman–Crippen MR) is 82.1 cm³/mol. The minimum atomic E-state index is -0.238. The molecule has 3 aromatic rings. The standard InChI is InChI=1S/C16H13FN2OS/c17-13-4-2-1-3-11(13)7-8-18-16(20)12-5-6-14-15(9-12)21-10-19-14/h1-6,9-10H,7-8H2,(H,18,20). The summed E-state index contributed by atoms with van der Waals surface area (Å²) in [6, 6.07) is 12.0. The van der Waals surface area contributed by atoms with Crippen molar-refractivity contribution in [1.29, 1.82) is 0 Å². The van der Waals surface area contributed by atoms with Gasteiger partial charge in [0.05, 0.1) is 15.7 Å². The van der Waals surface area contributed by atoms with E-state index < -0.39 is 0 Å². The van der Waals surface area contributed by atoms with Gasteiger partial charge in [-0.1, -0.05) is 18.2 Å². The Morgan fingerprint density at radius 1 is 1.24 bits per heavy atom. The fourth-order valence-corrected chi connectivity index (χ4v) is 2.83. The van der Waals surface area contributed by atoms with Crippen LogP contribution in [0.2, 0.25) is 0 Å². The number of hydrogen-bond acceptors (Lipinski definition) is 3. The molecule has 21 heavy (non-hydrogen) atoms.